The van der Waals surface area contributed by atoms with E-state index in [1.807, 2.05) is 78.9 Å². The maximum atomic E-state index is 13.1. The van der Waals surface area contributed by atoms with Gasteiger partial charge >= 0.3 is 5.69 Å². The summed E-state index contributed by atoms with van der Waals surface area (Å²) in [5.74, 6) is 0.0392. The van der Waals surface area contributed by atoms with Gasteiger partial charge in [-0.1, -0.05) is 72.8 Å². The smallest absolute Gasteiger partial charge is 0.415 e. The van der Waals surface area contributed by atoms with Crippen molar-refractivity contribution in [1.82, 2.24) is 9.55 Å². The minimum Gasteiger partial charge on any atom is -0.507 e. The van der Waals surface area contributed by atoms with Gasteiger partial charge in [0.2, 0.25) is 0 Å². The van der Waals surface area contributed by atoms with Gasteiger partial charge in [0.15, 0.2) is 0 Å². The van der Waals surface area contributed by atoms with Crippen LogP contribution in [0, 0.1) is 0 Å². The molecule has 0 bridgehead atoms. The van der Waals surface area contributed by atoms with E-state index in [4.69, 9.17) is 0 Å². The molecule has 2 aliphatic rings. The highest BCUT2D eigenvalue weighted by Crippen LogP contribution is 2.43. The van der Waals surface area contributed by atoms with Crippen molar-refractivity contribution in [2.24, 2.45) is 7.05 Å². The molecule has 6 nitrogen and oxygen atoms in total. The first-order valence-corrected chi connectivity index (χ1v) is 10.7. The van der Waals surface area contributed by atoms with E-state index in [0.717, 1.165) is 22.3 Å². The Hall–Kier alpha value is -4.45. The zero-order valence-electron chi connectivity index (χ0n) is 17.8. The molecule has 6 rings (SSSR count). The number of fused-ring (bicyclic) bond motifs is 4. The minimum absolute atomic E-state index is 0.143. The molecule has 4 aromatic rings. The lowest BCUT2D eigenvalue weighted by Crippen LogP contribution is -2.72. The highest BCUT2D eigenvalue weighted by molar-refractivity contribution is 6.21. The summed E-state index contributed by atoms with van der Waals surface area (Å²) in [4.78, 5) is 31.1. The number of aliphatic hydroxyl groups is 1. The van der Waals surface area contributed by atoms with E-state index in [1.165, 1.54) is 4.57 Å². The molecule has 0 saturated carbocycles. The van der Waals surface area contributed by atoms with Crippen molar-refractivity contribution in [2.45, 2.75) is 5.92 Å². The Labute approximate surface area is 188 Å². The lowest BCUT2D eigenvalue weighted by Gasteiger charge is -2.23. The maximum Gasteiger partial charge on any atom is 0.415 e. The Morgan fingerprint density at radius 3 is 2.21 bits per heavy atom. The van der Waals surface area contributed by atoms with Gasteiger partial charge in [-0.25, -0.2) is 9.79 Å². The first-order valence-electron chi connectivity index (χ1n) is 10.7. The van der Waals surface area contributed by atoms with Gasteiger partial charge in [0.25, 0.3) is 11.4 Å². The number of aliphatic hydroxyl groups excluding tert-OH is 1. The molecule has 1 aliphatic carbocycles. The summed E-state index contributed by atoms with van der Waals surface area (Å²) in [6, 6.07) is 25.6. The van der Waals surface area contributed by atoms with E-state index in [9.17, 15) is 14.7 Å². The molecule has 3 N–H and O–H groups in total. The predicted octanol–water partition coefficient (Wildman–Crippen LogP) is 2.37. The molecule has 3 aromatic carbocycles. The van der Waals surface area contributed by atoms with Crippen molar-refractivity contribution in [1.29, 1.82) is 0 Å². The number of aromatic nitrogens is 2. The Morgan fingerprint density at radius 2 is 1.48 bits per heavy atom. The van der Waals surface area contributed by atoms with Crippen molar-refractivity contribution < 1.29 is 10.1 Å². The van der Waals surface area contributed by atoms with Crippen LogP contribution in [0.15, 0.2) is 94.0 Å². The van der Waals surface area contributed by atoms with Crippen LogP contribution in [0.1, 0.15) is 28.2 Å². The fourth-order valence-electron chi connectivity index (χ4n) is 4.88. The fourth-order valence-corrected chi connectivity index (χ4v) is 4.88. The van der Waals surface area contributed by atoms with E-state index >= 15 is 0 Å². The lowest BCUT2D eigenvalue weighted by molar-refractivity contribution is -0.363. The van der Waals surface area contributed by atoms with Crippen LogP contribution >= 0.6 is 0 Å². The molecule has 1 unspecified atom stereocenters. The number of allylic oxidation sites excluding steroid dienone is 1. The van der Waals surface area contributed by atoms with E-state index in [0.29, 0.717) is 28.2 Å². The standard InChI is InChI=1S/C27H19N3O3/c1-30-25-22(26(32)29-27(30)33)20(17-13-11-16(12-14-17)15-7-3-2-4-8-15)21-23(28-25)18-9-5-6-10-19(18)24(21)31/h2-14,20,31H,1H3,(H,29,32,33)/p+1. The third kappa shape index (κ3) is 2.77. The van der Waals surface area contributed by atoms with Crippen LogP contribution in [0.25, 0.3) is 16.9 Å². The lowest BCUT2D eigenvalue weighted by atomic mass is 9.81. The van der Waals surface area contributed by atoms with Crippen molar-refractivity contribution >= 4 is 17.3 Å². The first kappa shape index (κ1) is 19.3. The maximum absolute atomic E-state index is 13.1. The Morgan fingerprint density at radius 1 is 0.848 bits per heavy atom. The van der Waals surface area contributed by atoms with Crippen LogP contribution in [0.3, 0.4) is 0 Å². The van der Waals surface area contributed by atoms with Crippen molar-refractivity contribution in [3.63, 3.8) is 0 Å². The van der Waals surface area contributed by atoms with Gasteiger partial charge in [0.05, 0.1) is 18.5 Å². The quantitative estimate of drug-likeness (QED) is 0.453. The van der Waals surface area contributed by atoms with E-state index in [1.54, 1.807) is 7.05 Å². The number of hydrogen-bond donors (Lipinski definition) is 3. The highest BCUT2D eigenvalue weighted by Gasteiger charge is 2.43. The second-order valence-electron chi connectivity index (χ2n) is 8.31. The fraction of sp³-hybridized carbons (Fsp3) is 0.0741. The molecule has 0 radical (unpaired) electrons. The van der Waals surface area contributed by atoms with Gasteiger partial charge in [0, 0.05) is 11.1 Å². The van der Waals surface area contributed by atoms with Crippen molar-refractivity contribution in [3.8, 4) is 11.1 Å². The van der Waals surface area contributed by atoms with Crippen molar-refractivity contribution in [3.05, 3.63) is 128 Å². The van der Waals surface area contributed by atoms with Gasteiger partial charge < -0.3 is 5.11 Å². The van der Waals surface area contributed by atoms with E-state index in [-0.39, 0.29) is 5.76 Å². The monoisotopic (exact) mass is 434 g/mol. The molecule has 1 aliphatic heterocycles. The Bertz CT molecular complexity index is 1610. The minimum atomic E-state index is -0.538. The van der Waals surface area contributed by atoms with Crippen LogP contribution in [-0.2, 0) is 7.05 Å². The average molecular weight is 434 g/mol. The van der Waals surface area contributed by atoms with Gasteiger partial charge in [0.1, 0.15) is 17.0 Å². The zero-order chi connectivity index (χ0) is 22.7. The molecule has 0 fully saturated rings. The molecule has 0 spiro atoms. The van der Waals surface area contributed by atoms with Crippen LogP contribution in [0.4, 0.5) is 5.82 Å². The third-order valence-electron chi connectivity index (χ3n) is 6.51. The first-order chi connectivity index (χ1) is 16.0. The molecule has 0 amide bonds. The normalized spacial score (nSPS) is 16.2. The second-order valence-corrected chi connectivity index (χ2v) is 8.31. The highest BCUT2D eigenvalue weighted by atomic mass is 16.3. The van der Waals surface area contributed by atoms with Crippen molar-refractivity contribution in [2.75, 3.05) is 0 Å². The number of rotatable bonds is 2. The molecule has 1 atom stereocenters. The van der Waals surface area contributed by atoms with E-state index < -0.39 is 17.2 Å². The molecular weight excluding hydrogens is 414 g/mol. The molecule has 6 heteroatoms. The van der Waals surface area contributed by atoms with Crippen LogP contribution in [0.5, 0.6) is 0 Å². The predicted molar refractivity (Wildman–Crippen MR) is 127 cm³/mol. The summed E-state index contributed by atoms with van der Waals surface area (Å²) >= 11 is 0. The topological polar surface area (TPSA) is 89.1 Å². The van der Waals surface area contributed by atoms with Gasteiger partial charge in [-0.15, -0.1) is 0 Å². The number of benzene rings is 3. The Balaban J connectivity index is 1.61. The summed E-state index contributed by atoms with van der Waals surface area (Å²) in [7, 11) is 1.62. The zero-order valence-corrected chi connectivity index (χ0v) is 17.8. The second kappa shape index (κ2) is 7.03. The number of nitrogens with one attached hydrogen (secondary N) is 2. The van der Waals surface area contributed by atoms with Crippen LogP contribution in [0.2, 0.25) is 0 Å². The summed E-state index contributed by atoms with van der Waals surface area (Å²) in [5.41, 5.74) is 5.35. The average Bonchev–Trinajstić information content (AvgIpc) is 3.14. The molecule has 0 saturated heterocycles. The Kier molecular flexibility index (Phi) is 4.10. The summed E-state index contributed by atoms with van der Waals surface area (Å²) < 4.78 is 1.41. The third-order valence-corrected chi connectivity index (χ3v) is 6.51. The summed E-state index contributed by atoms with van der Waals surface area (Å²) in [6.45, 7) is 0. The largest absolute Gasteiger partial charge is 0.507 e. The van der Waals surface area contributed by atoms with Gasteiger partial charge in [-0.05, 0) is 22.8 Å². The summed E-state index contributed by atoms with van der Waals surface area (Å²) in [5, 5.41) is 11.2. The van der Waals surface area contributed by atoms with Gasteiger partial charge in [-0.3, -0.25) is 9.78 Å². The number of aromatic amines is 1. The molecule has 2 heterocycles. The SMILES string of the molecule is Cn1c2c(c(=O)[nH]c1=O)C(c1ccc(-c3ccccc3)cc1)C1=C(O)c3ccccc3C1=[NH+]2. The number of hydrogen-bond acceptors (Lipinski definition) is 3. The van der Waals surface area contributed by atoms with E-state index in [2.05, 4.69) is 9.98 Å². The van der Waals surface area contributed by atoms with Crippen LogP contribution in [-0.4, -0.2) is 20.4 Å². The number of nitrogens with zero attached hydrogens (tertiary/aromatic N) is 1. The molecule has 33 heavy (non-hydrogen) atoms. The van der Waals surface area contributed by atoms with Gasteiger partial charge in [-0.2, -0.15) is 4.57 Å². The summed E-state index contributed by atoms with van der Waals surface area (Å²) in [6.07, 6.45) is 0. The number of H-pyrrole nitrogens is 1. The molecule has 160 valence electrons. The molecule has 1 aromatic heterocycles. The molecular formula is C27H20N3O3+. The van der Waals surface area contributed by atoms with Crippen LogP contribution < -0.4 is 16.2 Å².